The van der Waals surface area contributed by atoms with Gasteiger partial charge in [-0.05, 0) is 49.9 Å². The summed E-state index contributed by atoms with van der Waals surface area (Å²) in [6, 6.07) is 2.50. The standard InChI is InChI=1S/C19H23NO6/c1-9(2)17(18(22)23)20-15(21)8-25-13-6-10(3)7-14-16(13)11(4)12(5)19(24)26-14/h6-7,9,17H,8H2,1-5H3,(H,20,21)(H,22,23)/t17-/m0/s1. The molecular formula is C19H23NO6. The van der Waals surface area contributed by atoms with E-state index in [1.54, 1.807) is 39.8 Å². The van der Waals surface area contributed by atoms with Gasteiger partial charge in [0.2, 0.25) is 0 Å². The maximum Gasteiger partial charge on any atom is 0.339 e. The van der Waals surface area contributed by atoms with Crippen molar-refractivity contribution in [2.24, 2.45) is 5.92 Å². The van der Waals surface area contributed by atoms with Crippen molar-refractivity contribution in [2.45, 2.75) is 40.7 Å². The van der Waals surface area contributed by atoms with Gasteiger partial charge in [-0.2, -0.15) is 0 Å². The normalized spacial score (nSPS) is 12.2. The van der Waals surface area contributed by atoms with Crippen LogP contribution >= 0.6 is 0 Å². The van der Waals surface area contributed by atoms with Crippen LogP contribution in [0.2, 0.25) is 0 Å². The number of fused-ring (bicyclic) bond motifs is 1. The summed E-state index contributed by atoms with van der Waals surface area (Å²) in [5.74, 6) is -1.47. The molecule has 1 amide bonds. The van der Waals surface area contributed by atoms with E-state index in [9.17, 15) is 14.4 Å². The van der Waals surface area contributed by atoms with Gasteiger partial charge in [0.05, 0.1) is 5.39 Å². The molecule has 0 spiro atoms. The Labute approximate surface area is 151 Å². The van der Waals surface area contributed by atoms with E-state index in [4.69, 9.17) is 14.3 Å². The highest BCUT2D eigenvalue weighted by Gasteiger charge is 2.23. The minimum atomic E-state index is -1.09. The summed E-state index contributed by atoms with van der Waals surface area (Å²) >= 11 is 0. The molecular weight excluding hydrogens is 338 g/mol. The van der Waals surface area contributed by atoms with Crippen LogP contribution in [0.5, 0.6) is 5.75 Å². The van der Waals surface area contributed by atoms with Crippen molar-refractivity contribution in [3.8, 4) is 5.75 Å². The minimum Gasteiger partial charge on any atom is -0.483 e. The van der Waals surface area contributed by atoms with Crippen LogP contribution in [-0.2, 0) is 9.59 Å². The molecule has 0 unspecified atom stereocenters. The molecule has 26 heavy (non-hydrogen) atoms. The lowest BCUT2D eigenvalue weighted by atomic mass is 10.0. The van der Waals surface area contributed by atoms with Crippen molar-refractivity contribution >= 4 is 22.8 Å². The number of carboxylic acids is 1. The number of carboxylic acid groups (broad SMARTS) is 1. The Kier molecular flexibility index (Phi) is 5.69. The molecule has 0 aliphatic heterocycles. The second-order valence-electron chi connectivity index (χ2n) is 6.69. The van der Waals surface area contributed by atoms with Gasteiger partial charge in [0, 0.05) is 5.56 Å². The van der Waals surface area contributed by atoms with Gasteiger partial charge in [-0.1, -0.05) is 13.8 Å². The SMILES string of the molecule is Cc1cc(OCC(=O)N[C@H](C(=O)O)C(C)C)c2c(C)c(C)c(=O)oc2c1. The number of rotatable bonds is 6. The Bertz CT molecular complexity index is 912. The molecule has 0 saturated carbocycles. The third-order valence-electron chi connectivity index (χ3n) is 4.26. The molecule has 7 nitrogen and oxygen atoms in total. The predicted molar refractivity (Wildman–Crippen MR) is 96.6 cm³/mol. The van der Waals surface area contributed by atoms with Gasteiger partial charge >= 0.3 is 11.6 Å². The van der Waals surface area contributed by atoms with Crippen molar-refractivity contribution in [1.82, 2.24) is 5.32 Å². The first kappa shape index (κ1) is 19.5. The summed E-state index contributed by atoms with van der Waals surface area (Å²) in [6.45, 7) is 8.35. The highest BCUT2D eigenvalue weighted by atomic mass is 16.5. The van der Waals surface area contributed by atoms with E-state index in [0.29, 0.717) is 22.3 Å². The molecule has 2 N–H and O–H groups in total. The van der Waals surface area contributed by atoms with Gasteiger partial charge in [0.15, 0.2) is 6.61 Å². The van der Waals surface area contributed by atoms with Gasteiger partial charge in [-0.3, -0.25) is 4.79 Å². The monoisotopic (exact) mass is 361 g/mol. The number of carbonyl (C=O) groups excluding carboxylic acids is 1. The molecule has 1 aromatic heterocycles. The average Bonchev–Trinajstić information content (AvgIpc) is 2.54. The summed E-state index contributed by atoms with van der Waals surface area (Å²) in [7, 11) is 0. The number of ether oxygens (including phenoxy) is 1. The Morgan fingerprint density at radius 3 is 2.42 bits per heavy atom. The highest BCUT2D eigenvalue weighted by Crippen LogP contribution is 2.30. The molecule has 0 bridgehead atoms. The van der Waals surface area contributed by atoms with Gasteiger partial charge in [-0.15, -0.1) is 0 Å². The number of nitrogens with one attached hydrogen (secondary N) is 1. The van der Waals surface area contributed by atoms with E-state index in [1.165, 1.54) is 0 Å². The van der Waals surface area contributed by atoms with Crippen molar-refractivity contribution < 1.29 is 23.8 Å². The topological polar surface area (TPSA) is 106 Å². The molecule has 0 fully saturated rings. The number of aliphatic carboxylic acids is 1. The van der Waals surface area contributed by atoms with Gasteiger partial charge in [0.1, 0.15) is 17.4 Å². The van der Waals surface area contributed by atoms with E-state index >= 15 is 0 Å². The van der Waals surface area contributed by atoms with Crippen LogP contribution in [0, 0.1) is 26.7 Å². The summed E-state index contributed by atoms with van der Waals surface area (Å²) in [6.07, 6.45) is 0. The van der Waals surface area contributed by atoms with Crippen LogP contribution in [0.3, 0.4) is 0 Å². The summed E-state index contributed by atoms with van der Waals surface area (Å²) < 4.78 is 10.9. The van der Waals surface area contributed by atoms with Crippen LogP contribution < -0.4 is 15.7 Å². The lowest BCUT2D eigenvalue weighted by molar-refractivity contribution is -0.143. The van der Waals surface area contributed by atoms with Crippen LogP contribution in [0.1, 0.15) is 30.5 Å². The molecule has 2 rings (SSSR count). The highest BCUT2D eigenvalue weighted by molar-refractivity contribution is 5.89. The second-order valence-corrected chi connectivity index (χ2v) is 6.69. The predicted octanol–water partition coefficient (Wildman–Crippen LogP) is 2.32. The van der Waals surface area contributed by atoms with E-state index in [2.05, 4.69) is 5.32 Å². The number of hydrogen-bond donors (Lipinski definition) is 2. The molecule has 7 heteroatoms. The Morgan fingerprint density at radius 2 is 1.85 bits per heavy atom. The molecule has 0 radical (unpaired) electrons. The zero-order valence-corrected chi connectivity index (χ0v) is 15.5. The second kappa shape index (κ2) is 7.59. The maximum atomic E-state index is 12.1. The third kappa shape index (κ3) is 4.04. The fraction of sp³-hybridized carbons (Fsp3) is 0.421. The molecule has 1 atom stereocenters. The van der Waals surface area contributed by atoms with Crippen LogP contribution in [0.4, 0.5) is 0 Å². The van der Waals surface area contributed by atoms with Crippen LogP contribution in [-0.4, -0.2) is 29.6 Å². The molecule has 0 saturated heterocycles. The van der Waals surface area contributed by atoms with Crippen LogP contribution in [0.15, 0.2) is 21.3 Å². The molecule has 1 heterocycles. The lowest BCUT2D eigenvalue weighted by Crippen LogP contribution is -2.46. The summed E-state index contributed by atoms with van der Waals surface area (Å²) in [4.78, 5) is 35.1. The average molecular weight is 361 g/mol. The van der Waals surface area contributed by atoms with Gasteiger partial charge < -0.3 is 19.6 Å². The molecule has 2 aromatic rings. The molecule has 0 aliphatic carbocycles. The first-order chi connectivity index (χ1) is 12.1. The summed E-state index contributed by atoms with van der Waals surface area (Å²) in [5, 5.41) is 12.2. The first-order valence-electron chi connectivity index (χ1n) is 8.31. The van der Waals surface area contributed by atoms with Crippen molar-refractivity contribution in [3.63, 3.8) is 0 Å². The Hall–Kier alpha value is -2.83. The molecule has 0 aliphatic rings. The molecule has 1 aromatic carbocycles. The number of aryl methyl sites for hydroxylation is 2. The number of hydrogen-bond acceptors (Lipinski definition) is 5. The number of amides is 1. The van der Waals surface area contributed by atoms with Crippen molar-refractivity contribution in [3.05, 3.63) is 39.2 Å². The first-order valence-corrected chi connectivity index (χ1v) is 8.31. The number of benzene rings is 1. The minimum absolute atomic E-state index is 0.254. The van der Waals surface area contributed by atoms with E-state index < -0.39 is 23.5 Å². The Morgan fingerprint density at radius 1 is 1.19 bits per heavy atom. The van der Waals surface area contributed by atoms with E-state index in [0.717, 1.165) is 11.1 Å². The largest absolute Gasteiger partial charge is 0.483 e. The van der Waals surface area contributed by atoms with E-state index in [-0.39, 0.29) is 12.5 Å². The van der Waals surface area contributed by atoms with Crippen molar-refractivity contribution in [1.29, 1.82) is 0 Å². The zero-order chi connectivity index (χ0) is 19.6. The van der Waals surface area contributed by atoms with Gasteiger partial charge in [-0.25, -0.2) is 9.59 Å². The maximum absolute atomic E-state index is 12.1. The van der Waals surface area contributed by atoms with Gasteiger partial charge in [0.25, 0.3) is 5.91 Å². The fourth-order valence-corrected chi connectivity index (χ4v) is 2.67. The quantitative estimate of drug-likeness (QED) is 0.765. The third-order valence-corrected chi connectivity index (χ3v) is 4.26. The lowest BCUT2D eigenvalue weighted by Gasteiger charge is -2.18. The van der Waals surface area contributed by atoms with E-state index in [1.807, 2.05) is 6.92 Å². The number of carbonyl (C=O) groups is 2. The zero-order valence-electron chi connectivity index (χ0n) is 15.5. The Balaban J connectivity index is 2.28. The fourth-order valence-electron chi connectivity index (χ4n) is 2.67. The summed E-state index contributed by atoms with van der Waals surface area (Å²) in [5.41, 5.74) is 1.98. The molecule has 140 valence electrons. The van der Waals surface area contributed by atoms with Crippen molar-refractivity contribution in [2.75, 3.05) is 6.61 Å². The van der Waals surface area contributed by atoms with Crippen LogP contribution in [0.25, 0.3) is 11.0 Å². The smallest absolute Gasteiger partial charge is 0.339 e.